The number of rotatable bonds is 7. The molecule has 6 heteroatoms. The number of carbonyl (C=O) groups is 2. The number of benzene rings is 1. The van der Waals surface area contributed by atoms with Gasteiger partial charge in [-0.1, -0.05) is 6.07 Å². The Labute approximate surface area is 141 Å². The molecular weight excluding hydrogens is 308 g/mol. The molecule has 0 radical (unpaired) electrons. The zero-order chi connectivity index (χ0) is 17.5. The Morgan fingerprint density at radius 3 is 2.71 bits per heavy atom. The summed E-state index contributed by atoms with van der Waals surface area (Å²) < 4.78 is 10.5. The summed E-state index contributed by atoms with van der Waals surface area (Å²) in [6, 6.07) is 9.16. The van der Waals surface area contributed by atoms with Gasteiger partial charge in [-0.25, -0.2) is 0 Å². The van der Waals surface area contributed by atoms with Crippen LogP contribution in [-0.2, 0) is 16.1 Å². The van der Waals surface area contributed by atoms with Crippen molar-refractivity contribution in [3.63, 3.8) is 0 Å². The quantitative estimate of drug-likeness (QED) is 0.847. The standard InChI is InChI=1S/C18H22N2O4/c1-13-6-7-17(23-3)16(11-13)20(14(2)21)9-8-18(22)19-12-15-5-4-10-24-15/h4-7,10-11H,8-9,12H2,1-3H3,(H,19,22). The molecule has 1 heterocycles. The van der Waals surface area contributed by atoms with Gasteiger partial charge in [0.1, 0.15) is 11.5 Å². The predicted molar refractivity (Wildman–Crippen MR) is 90.9 cm³/mol. The molecular formula is C18H22N2O4. The van der Waals surface area contributed by atoms with Gasteiger partial charge in [-0.3, -0.25) is 9.59 Å². The van der Waals surface area contributed by atoms with E-state index >= 15 is 0 Å². The van der Waals surface area contributed by atoms with Crippen molar-refractivity contribution in [2.24, 2.45) is 0 Å². The fourth-order valence-corrected chi connectivity index (χ4v) is 2.36. The lowest BCUT2D eigenvalue weighted by atomic mass is 10.1. The van der Waals surface area contributed by atoms with E-state index in [-0.39, 0.29) is 24.8 Å². The second-order valence-electron chi connectivity index (χ2n) is 5.45. The van der Waals surface area contributed by atoms with Crippen LogP contribution in [0.1, 0.15) is 24.7 Å². The number of nitrogens with zero attached hydrogens (tertiary/aromatic N) is 1. The number of carbonyl (C=O) groups excluding carboxylic acids is 2. The highest BCUT2D eigenvalue weighted by molar-refractivity contribution is 5.94. The van der Waals surface area contributed by atoms with Crippen LogP contribution < -0.4 is 15.0 Å². The van der Waals surface area contributed by atoms with Gasteiger partial charge in [0.15, 0.2) is 0 Å². The summed E-state index contributed by atoms with van der Waals surface area (Å²) in [5.74, 6) is 1.00. The summed E-state index contributed by atoms with van der Waals surface area (Å²) in [6.07, 6.45) is 1.75. The van der Waals surface area contributed by atoms with Crippen LogP contribution in [0.25, 0.3) is 0 Å². The third-order valence-electron chi connectivity index (χ3n) is 3.61. The number of amides is 2. The number of anilines is 1. The third-order valence-corrected chi connectivity index (χ3v) is 3.61. The Kier molecular flexibility index (Phi) is 6.01. The van der Waals surface area contributed by atoms with Crippen LogP contribution in [0.4, 0.5) is 5.69 Å². The van der Waals surface area contributed by atoms with Crippen LogP contribution in [0, 0.1) is 6.92 Å². The molecule has 0 fully saturated rings. The molecule has 0 atom stereocenters. The molecule has 0 saturated heterocycles. The Balaban J connectivity index is 2.00. The van der Waals surface area contributed by atoms with E-state index in [0.29, 0.717) is 23.7 Å². The van der Waals surface area contributed by atoms with Gasteiger partial charge in [-0.15, -0.1) is 0 Å². The molecule has 128 valence electrons. The van der Waals surface area contributed by atoms with E-state index < -0.39 is 0 Å². The van der Waals surface area contributed by atoms with E-state index in [9.17, 15) is 9.59 Å². The maximum absolute atomic E-state index is 12.0. The van der Waals surface area contributed by atoms with E-state index in [2.05, 4.69) is 5.32 Å². The van der Waals surface area contributed by atoms with Crippen LogP contribution >= 0.6 is 0 Å². The van der Waals surface area contributed by atoms with Gasteiger partial charge in [0, 0.05) is 19.9 Å². The molecule has 0 spiro atoms. The largest absolute Gasteiger partial charge is 0.495 e. The van der Waals surface area contributed by atoms with E-state index in [1.54, 1.807) is 30.4 Å². The first-order valence-corrected chi connectivity index (χ1v) is 7.73. The van der Waals surface area contributed by atoms with E-state index in [0.717, 1.165) is 5.56 Å². The van der Waals surface area contributed by atoms with E-state index in [1.807, 2.05) is 25.1 Å². The summed E-state index contributed by atoms with van der Waals surface area (Å²) >= 11 is 0. The van der Waals surface area contributed by atoms with Crippen molar-refractivity contribution in [3.05, 3.63) is 47.9 Å². The molecule has 0 aliphatic heterocycles. The smallest absolute Gasteiger partial charge is 0.223 e. The van der Waals surface area contributed by atoms with Crippen LogP contribution in [0.15, 0.2) is 41.0 Å². The molecule has 0 saturated carbocycles. The van der Waals surface area contributed by atoms with Crippen molar-refractivity contribution in [2.75, 3.05) is 18.6 Å². The lowest BCUT2D eigenvalue weighted by Gasteiger charge is -2.23. The number of furan rings is 1. The van der Waals surface area contributed by atoms with Crippen LogP contribution in [0.2, 0.25) is 0 Å². The number of nitrogens with one attached hydrogen (secondary N) is 1. The average Bonchev–Trinajstić information content (AvgIpc) is 3.06. The Morgan fingerprint density at radius 1 is 1.29 bits per heavy atom. The van der Waals surface area contributed by atoms with Crippen molar-refractivity contribution in [2.45, 2.75) is 26.8 Å². The molecule has 24 heavy (non-hydrogen) atoms. The predicted octanol–water partition coefficient (Wildman–Crippen LogP) is 2.66. The zero-order valence-corrected chi connectivity index (χ0v) is 14.2. The number of hydrogen-bond acceptors (Lipinski definition) is 4. The minimum Gasteiger partial charge on any atom is -0.495 e. The first-order valence-electron chi connectivity index (χ1n) is 7.73. The Morgan fingerprint density at radius 2 is 2.08 bits per heavy atom. The lowest BCUT2D eigenvalue weighted by Crippen LogP contribution is -2.34. The maximum atomic E-state index is 12.0. The number of hydrogen-bond donors (Lipinski definition) is 1. The lowest BCUT2D eigenvalue weighted by molar-refractivity contribution is -0.121. The minimum atomic E-state index is -0.149. The van der Waals surface area contributed by atoms with Gasteiger partial charge in [0.25, 0.3) is 0 Å². The molecule has 1 N–H and O–H groups in total. The van der Waals surface area contributed by atoms with Crippen molar-refractivity contribution in [1.29, 1.82) is 0 Å². The minimum absolute atomic E-state index is 0.141. The van der Waals surface area contributed by atoms with Crippen LogP contribution in [0.3, 0.4) is 0 Å². The number of ether oxygens (including phenoxy) is 1. The molecule has 2 amide bonds. The van der Waals surface area contributed by atoms with Crippen molar-refractivity contribution >= 4 is 17.5 Å². The molecule has 0 aliphatic carbocycles. The highest BCUT2D eigenvalue weighted by Crippen LogP contribution is 2.29. The van der Waals surface area contributed by atoms with Gasteiger partial charge in [-0.2, -0.15) is 0 Å². The Bertz CT molecular complexity index is 695. The third kappa shape index (κ3) is 4.62. The molecule has 0 aliphatic rings. The van der Waals surface area contributed by atoms with Crippen LogP contribution in [-0.4, -0.2) is 25.5 Å². The van der Waals surface area contributed by atoms with Crippen molar-refractivity contribution < 1.29 is 18.7 Å². The molecule has 0 unspecified atom stereocenters. The zero-order valence-electron chi connectivity index (χ0n) is 14.2. The highest BCUT2D eigenvalue weighted by atomic mass is 16.5. The number of methoxy groups -OCH3 is 1. The fraction of sp³-hybridized carbons (Fsp3) is 0.333. The summed E-state index contributed by atoms with van der Waals surface area (Å²) in [6.45, 7) is 4.03. The molecule has 1 aromatic carbocycles. The van der Waals surface area contributed by atoms with Gasteiger partial charge in [0.2, 0.25) is 11.8 Å². The molecule has 2 rings (SSSR count). The second kappa shape index (κ2) is 8.19. The summed E-state index contributed by atoms with van der Waals surface area (Å²) in [7, 11) is 1.56. The summed E-state index contributed by atoms with van der Waals surface area (Å²) in [4.78, 5) is 25.6. The number of aryl methyl sites for hydroxylation is 1. The topological polar surface area (TPSA) is 71.8 Å². The average molecular weight is 330 g/mol. The molecule has 1 aromatic heterocycles. The normalized spacial score (nSPS) is 10.3. The van der Waals surface area contributed by atoms with Gasteiger partial charge in [-0.05, 0) is 36.8 Å². The van der Waals surface area contributed by atoms with Crippen molar-refractivity contribution in [3.8, 4) is 5.75 Å². The SMILES string of the molecule is COc1ccc(C)cc1N(CCC(=O)NCc1ccco1)C(C)=O. The molecule has 0 bridgehead atoms. The van der Waals surface area contributed by atoms with E-state index in [1.165, 1.54) is 6.92 Å². The monoisotopic (exact) mass is 330 g/mol. The molecule has 2 aromatic rings. The van der Waals surface area contributed by atoms with E-state index in [4.69, 9.17) is 9.15 Å². The summed E-state index contributed by atoms with van der Waals surface area (Å²) in [5, 5.41) is 2.77. The fourth-order valence-electron chi connectivity index (χ4n) is 2.36. The van der Waals surface area contributed by atoms with Crippen molar-refractivity contribution in [1.82, 2.24) is 5.32 Å². The van der Waals surface area contributed by atoms with Gasteiger partial charge < -0.3 is 19.4 Å². The Hall–Kier alpha value is -2.76. The highest BCUT2D eigenvalue weighted by Gasteiger charge is 2.17. The second-order valence-corrected chi connectivity index (χ2v) is 5.45. The summed E-state index contributed by atoms with van der Waals surface area (Å²) in [5.41, 5.74) is 1.68. The maximum Gasteiger partial charge on any atom is 0.223 e. The van der Waals surface area contributed by atoms with Gasteiger partial charge in [0.05, 0.1) is 25.6 Å². The first kappa shape index (κ1) is 17.6. The van der Waals surface area contributed by atoms with Gasteiger partial charge >= 0.3 is 0 Å². The first-order chi connectivity index (χ1) is 11.5. The molecule has 6 nitrogen and oxygen atoms in total. The van der Waals surface area contributed by atoms with Crippen LogP contribution in [0.5, 0.6) is 5.75 Å².